The molecule has 0 aliphatic rings. The zero-order valence-corrected chi connectivity index (χ0v) is 12.2. The van der Waals surface area contributed by atoms with Gasteiger partial charge in [-0.3, -0.25) is 0 Å². The summed E-state index contributed by atoms with van der Waals surface area (Å²) in [7, 11) is -3.56. The second-order valence-electron chi connectivity index (χ2n) is 3.58. The summed E-state index contributed by atoms with van der Waals surface area (Å²) in [5, 5.41) is 0. The number of hydrogen-bond acceptors (Lipinski definition) is 3. The van der Waals surface area contributed by atoms with E-state index in [1.807, 2.05) is 0 Å². The van der Waals surface area contributed by atoms with Gasteiger partial charge in [0.05, 0.1) is 4.90 Å². The van der Waals surface area contributed by atoms with E-state index in [9.17, 15) is 8.42 Å². The highest BCUT2D eigenvalue weighted by Crippen LogP contribution is 2.25. The Morgan fingerprint density at radius 3 is 2.28 bits per heavy atom. The van der Waals surface area contributed by atoms with E-state index in [0.717, 1.165) is 0 Å². The van der Waals surface area contributed by atoms with Crippen LogP contribution in [-0.4, -0.2) is 25.8 Å². The van der Waals surface area contributed by atoms with Crippen molar-refractivity contribution >= 4 is 31.6 Å². The summed E-state index contributed by atoms with van der Waals surface area (Å²) in [6.07, 6.45) is 3.07. The molecule has 0 radical (unpaired) electrons. The van der Waals surface area contributed by atoms with E-state index in [0.29, 0.717) is 10.2 Å². The minimum Gasteiger partial charge on any atom is -0.398 e. The molecule has 0 spiro atoms. The third-order valence-corrected chi connectivity index (χ3v) is 4.79. The second kappa shape index (κ2) is 6.17. The third-order valence-electron chi connectivity index (χ3n) is 2.28. The van der Waals surface area contributed by atoms with Crippen molar-refractivity contribution in [3.8, 4) is 0 Å². The van der Waals surface area contributed by atoms with Crippen molar-refractivity contribution in [2.45, 2.75) is 4.90 Å². The van der Waals surface area contributed by atoms with Gasteiger partial charge in [-0.1, -0.05) is 12.2 Å². The topological polar surface area (TPSA) is 63.4 Å². The predicted molar refractivity (Wildman–Crippen MR) is 77.7 cm³/mol. The molecule has 0 atom stereocenters. The van der Waals surface area contributed by atoms with Gasteiger partial charge < -0.3 is 5.73 Å². The van der Waals surface area contributed by atoms with Crippen LogP contribution in [0.25, 0.3) is 0 Å². The molecule has 0 aliphatic heterocycles. The molecule has 4 nitrogen and oxygen atoms in total. The van der Waals surface area contributed by atoms with Crippen LogP contribution in [0.2, 0.25) is 0 Å². The molecule has 1 aromatic rings. The van der Waals surface area contributed by atoms with Crippen LogP contribution in [-0.2, 0) is 10.0 Å². The Balaban J connectivity index is 3.21. The molecule has 0 aliphatic carbocycles. The van der Waals surface area contributed by atoms with Crippen molar-refractivity contribution < 1.29 is 8.42 Å². The summed E-state index contributed by atoms with van der Waals surface area (Å²) >= 11 is 3.22. The number of benzene rings is 1. The maximum absolute atomic E-state index is 12.3. The normalized spacial score (nSPS) is 11.4. The summed E-state index contributed by atoms with van der Waals surface area (Å²) in [6, 6.07) is 4.52. The number of hydrogen-bond donors (Lipinski definition) is 1. The standard InChI is InChI=1S/C12H15BrN2O2S/c1-3-7-15(8-4-2)18(16,17)10-5-6-12(14)11(13)9-10/h3-6,9H,1-2,7-8,14H2. The molecule has 1 rings (SSSR count). The highest BCUT2D eigenvalue weighted by atomic mass is 79.9. The Bertz CT molecular complexity index is 545. The van der Waals surface area contributed by atoms with Crippen molar-refractivity contribution in [2.24, 2.45) is 0 Å². The van der Waals surface area contributed by atoms with E-state index in [1.54, 1.807) is 6.07 Å². The molecule has 0 fully saturated rings. The second-order valence-corrected chi connectivity index (χ2v) is 6.37. The summed E-state index contributed by atoms with van der Waals surface area (Å²) in [6.45, 7) is 7.57. The number of nitrogens with zero attached hydrogens (tertiary/aromatic N) is 1. The SMILES string of the molecule is C=CCN(CC=C)S(=O)(=O)c1ccc(N)c(Br)c1. The largest absolute Gasteiger partial charge is 0.398 e. The highest BCUT2D eigenvalue weighted by Gasteiger charge is 2.22. The average Bonchev–Trinajstić information content (AvgIpc) is 2.32. The van der Waals surface area contributed by atoms with Crippen LogP contribution in [0, 0.1) is 0 Å². The Morgan fingerprint density at radius 2 is 1.83 bits per heavy atom. The van der Waals surface area contributed by atoms with Crippen LogP contribution >= 0.6 is 15.9 Å². The monoisotopic (exact) mass is 330 g/mol. The summed E-state index contributed by atoms with van der Waals surface area (Å²) in [5.41, 5.74) is 6.13. The van der Waals surface area contributed by atoms with Gasteiger partial charge in [0.25, 0.3) is 0 Å². The molecule has 0 saturated heterocycles. The number of halogens is 1. The van der Waals surface area contributed by atoms with Gasteiger partial charge in [0.1, 0.15) is 0 Å². The van der Waals surface area contributed by atoms with Crippen LogP contribution in [0.5, 0.6) is 0 Å². The Kier molecular flexibility index (Phi) is 5.13. The summed E-state index contributed by atoms with van der Waals surface area (Å²) in [4.78, 5) is 0.187. The Hall–Kier alpha value is -1.11. The van der Waals surface area contributed by atoms with Gasteiger partial charge >= 0.3 is 0 Å². The maximum Gasteiger partial charge on any atom is 0.243 e. The fraction of sp³-hybridized carbons (Fsp3) is 0.167. The summed E-state index contributed by atoms with van der Waals surface area (Å²) < 4.78 is 26.5. The molecule has 0 aromatic heterocycles. The molecule has 0 bridgehead atoms. The first-order valence-corrected chi connectivity index (χ1v) is 7.43. The lowest BCUT2D eigenvalue weighted by molar-refractivity contribution is 0.474. The third kappa shape index (κ3) is 3.22. The van der Waals surface area contributed by atoms with Gasteiger partial charge in [-0.2, -0.15) is 4.31 Å². The minimum absolute atomic E-state index is 0.187. The lowest BCUT2D eigenvalue weighted by Gasteiger charge is -2.19. The lowest BCUT2D eigenvalue weighted by atomic mass is 10.3. The predicted octanol–water partition coefficient (Wildman–Crippen LogP) is 2.39. The molecular weight excluding hydrogens is 316 g/mol. The van der Waals surface area contributed by atoms with Crippen molar-refractivity contribution in [2.75, 3.05) is 18.8 Å². The highest BCUT2D eigenvalue weighted by molar-refractivity contribution is 9.10. The zero-order valence-electron chi connectivity index (χ0n) is 9.84. The van der Waals surface area contributed by atoms with Crippen LogP contribution in [0.15, 0.2) is 52.9 Å². The number of rotatable bonds is 6. The first-order chi connectivity index (χ1) is 8.43. The minimum atomic E-state index is -3.56. The van der Waals surface area contributed by atoms with Crippen LogP contribution in [0.1, 0.15) is 0 Å². The smallest absolute Gasteiger partial charge is 0.243 e. The van der Waals surface area contributed by atoms with Gasteiger partial charge in [0, 0.05) is 23.2 Å². The van der Waals surface area contributed by atoms with Gasteiger partial charge in [-0.25, -0.2) is 8.42 Å². The van der Waals surface area contributed by atoms with Crippen molar-refractivity contribution in [3.05, 3.63) is 48.0 Å². The van der Waals surface area contributed by atoms with Gasteiger partial charge in [-0.15, -0.1) is 13.2 Å². The van der Waals surface area contributed by atoms with Crippen LogP contribution in [0.4, 0.5) is 5.69 Å². The first-order valence-electron chi connectivity index (χ1n) is 5.20. The molecule has 6 heteroatoms. The van der Waals surface area contributed by atoms with E-state index in [4.69, 9.17) is 5.73 Å². The maximum atomic E-state index is 12.3. The van der Waals surface area contributed by atoms with Gasteiger partial charge in [0.15, 0.2) is 0 Å². The molecule has 1 aromatic carbocycles. The zero-order chi connectivity index (χ0) is 13.8. The van der Waals surface area contributed by atoms with E-state index in [1.165, 1.54) is 28.6 Å². The molecule has 0 amide bonds. The molecule has 0 saturated carbocycles. The number of nitrogen functional groups attached to an aromatic ring is 1. The Morgan fingerprint density at radius 1 is 1.28 bits per heavy atom. The van der Waals surface area contributed by atoms with Crippen molar-refractivity contribution in [1.29, 1.82) is 0 Å². The van der Waals surface area contributed by atoms with Crippen molar-refractivity contribution in [3.63, 3.8) is 0 Å². The van der Waals surface area contributed by atoms with Gasteiger partial charge in [-0.05, 0) is 34.1 Å². The fourth-order valence-corrected chi connectivity index (χ4v) is 3.31. The molecule has 0 heterocycles. The molecular formula is C12H15BrN2O2S. The number of nitrogens with two attached hydrogens (primary N) is 1. The van der Waals surface area contributed by atoms with Crippen molar-refractivity contribution in [1.82, 2.24) is 4.31 Å². The van der Waals surface area contributed by atoms with E-state index < -0.39 is 10.0 Å². The molecule has 98 valence electrons. The lowest BCUT2D eigenvalue weighted by Crippen LogP contribution is -2.31. The number of anilines is 1. The van der Waals surface area contributed by atoms with E-state index in [2.05, 4.69) is 29.1 Å². The van der Waals surface area contributed by atoms with E-state index in [-0.39, 0.29) is 18.0 Å². The summed E-state index contributed by atoms with van der Waals surface area (Å²) in [5.74, 6) is 0. The average molecular weight is 331 g/mol. The molecule has 18 heavy (non-hydrogen) atoms. The first kappa shape index (κ1) is 14.9. The van der Waals surface area contributed by atoms with E-state index >= 15 is 0 Å². The van der Waals surface area contributed by atoms with Gasteiger partial charge in [0.2, 0.25) is 10.0 Å². The Labute approximate surface area is 116 Å². The molecule has 2 N–H and O–H groups in total. The molecule has 0 unspecified atom stereocenters. The van der Waals surface area contributed by atoms with Crippen LogP contribution < -0.4 is 5.73 Å². The fourth-order valence-electron chi connectivity index (χ4n) is 1.38. The van der Waals surface area contributed by atoms with Crippen LogP contribution in [0.3, 0.4) is 0 Å². The number of sulfonamides is 1. The quantitative estimate of drug-likeness (QED) is 0.643.